The van der Waals surface area contributed by atoms with Crippen molar-refractivity contribution in [2.24, 2.45) is 0 Å². The van der Waals surface area contributed by atoms with Gasteiger partial charge in [-0.3, -0.25) is 9.59 Å². The van der Waals surface area contributed by atoms with Crippen LogP contribution in [0.5, 0.6) is 0 Å². The number of carbonyl (C=O) groups is 2. The molecule has 0 atom stereocenters. The van der Waals surface area contributed by atoms with Crippen LogP contribution in [0.4, 0.5) is 0 Å². The first-order chi connectivity index (χ1) is 9.77. The summed E-state index contributed by atoms with van der Waals surface area (Å²) in [5.41, 5.74) is 4.72. The molecule has 2 heteroatoms. The maximum atomic E-state index is 12.8. The Morgan fingerprint density at radius 1 is 0.700 bits per heavy atom. The zero-order valence-corrected chi connectivity index (χ0v) is 11.1. The van der Waals surface area contributed by atoms with Crippen LogP contribution in [0.2, 0.25) is 0 Å². The molecule has 2 aliphatic rings. The van der Waals surface area contributed by atoms with Gasteiger partial charge in [0.25, 0.3) is 0 Å². The Bertz CT molecular complexity index is 756. The van der Waals surface area contributed by atoms with Gasteiger partial charge in [0.15, 0.2) is 11.6 Å². The first-order valence-corrected chi connectivity index (χ1v) is 7.10. The van der Waals surface area contributed by atoms with E-state index in [0.717, 1.165) is 24.8 Å². The zero-order chi connectivity index (χ0) is 13.7. The van der Waals surface area contributed by atoms with Gasteiger partial charge in [-0.05, 0) is 42.9 Å². The minimum Gasteiger partial charge on any atom is -0.289 e. The molecule has 2 nitrogen and oxygen atoms in total. The van der Waals surface area contributed by atoms with E-state index in [1.54, 1.807) is 12.1 Å². The number of rotatable bonds is 0. The summed E-state index contributed by atoms with van der Waals surface area (Å²) in [7, 11) is 0. The highest BCUT2D eigenvalue weighted by molar-refractivity contribution is 6.29. The molecule has 0 saturated heterocycles. The van der Waals surface area contributed by atoms with E-state index in [1.807, 2.05) is 24.3 Å². The summed E-state index contributed by atoms with van der Waals surface area (Å²) in [4.78, 5) is 25.4. The molecule has 0 amide bonds. The van der Waals surface area contributed by atoms with E-state index in [1.165, 1.54) is 12.0 Å². The van der Waals surface area contributed by atoms with E-state index < -0.39 is 0 Å². The maximum Gasteiger partial charge on any atom is 0.194 e. The largest absolute Gasteiger partial charge is 0.289 e. The van der Waals surface area contributed by atoms with Gasteiger partial charge in [0.05, 0.1) is 0 Å². The van der Waals surface area contributed by atoms with Gasteiger partial charge < -0.3 is 0 Å². The standard InChI is InChI=1S/C18H14O2/c19-17-13-7-3-4-8-14(13)18(20)16-12-6-2-1-5-11(12)9-10-15(16)17/h3-4,7-10H,1-2,5-6H2. The number of aryl methyl sites for hydroxylation is 1. The number of hydrogen-bond acceptors (Lipinski definition) is 2. The summed E-state index contributed by atoms with van der Waals surface area (Å²) in [6, 6.07) is 11.0. The van der Waals surface area contributed by atoms with Crippen LogP contribution < -0.4 is 0 Å². The summed E-state index contributed by atoms with van der Waals surface area (Å²) in [6.07, 6.45) is 4.21. The molecule has 0 radical (unpaired) electrons. The molecule has 20 heavy (non-hydrogen) atoms. The molecule has 98 valence electrons. The quantitative estimate of drug-likeness (QED) is 0.622. The second kappa shape index (κ2) is 4.14. The van der Waals surface area contributed by atoms with Crippen molar-refractivity contribution in [3.8, 4) is 0 Å². The lowest BCUT2D eigenvalue weighted by molar-refractivity contribution is 0.0978. The zero-order valence-electron chi connectivity index (χ0n) is 11.1. The summed E-state index contributed by atoms with van der Waals surface area (Å²) in [5, 5.41) is 0. The Morgan fingerprint density at radius 3 is 2.20 bits per heavy atom. The fraction of sp³-hybridized carbons (Fsp3) is 0.222. The Kier molecular flexibility index (Phi) is 2.40. The molecule has 0 fully saturated rings. The van der Waals surface area contributed by atoms with Crippen molar-refractivity contribution < 1.29 is 9.59 Å². The van der Waals surface area contributed by atoms with Crippen LogP contribution in [0.15, 0.2) is 36.4 Å². The minimum absolute atomic E-state index is 0.0106. The average molecular weight is 262 g/mol. The van der Waals surface area contributed by atoms with Crippen LogP contribution in [0, 0.1) is 0 Å². The van der Waals surface area contributed by atoms with Gasteiger partial charge in [-0.2, -0.15) is 0 Å². The van der Waals surface area contributed by atoms with E-state index in [0.29, 0.717) is 22.3 Å². The molecule has 0 bridgehead atoms. The molecule has 2 aliphatic carbocycles. The molecular formula is C18H14O2. The van der Waals surface area contributed by atoms with Gasteiger partial charge in [0.2, 0.25) is 0 Å². The van der Waals surface area contributed by atoms with Crippen LogP contribution in [0.1, 0.15) is 55.8 Å². The average Bonchev–Trinajstić information content (AvgIpc) is 2.51. The fourth-order valence-electron chi connectivity index (χ4n) is 3.44. The predicted molar refractivity (Wildman–Crippen MR) is 76.4 cm³/mol. The van der Waals surface area contributed by atoms with Crippen LogP contribution in [0.25, 0.3) is 0 Å². The van der Waals surface area contributed by atoms with Gasteiger partial charge in [-0.25, -0.2) is 0 Å². The number of hydrogen-bond donors (Lipinski definition) is 0. The minimum atomic E-state index is -0.0106. The molecule has 0 saturated carbocycles. The Hall–Kier alpha value is -2.22. The molecule has 0 N–H and O–H groups in total. The third-order valence-electron chi connectivity index (χ3n) is 4.42. The Labute approximate surface area is 117 Å². The van der Waals surface area contributed by atoms with E-state index in [2.05, 4.69) is 0 Å². The van der Waals surface area contributed by atoms with E-state index in [9.17, 15) is 9.59 Å². The van der Waals surface area contributed by atoms with E-state index >= 15 is 0 Å². The molecule has 0 aliphatic heterocycles. The second-order valence-electron chi connectivity index (χ2n) is 5.54. The molecule has 0 aromatic heterocycles. The van der Waals surface area contributed by atoms with Crippen molar-refractivity contribution in [2.45, 2.75) is 25.7 Å². The maximum absolute atomic E-state index is 12.8. The SMILES string of the molecule is O=C1c2ccccc2C(=O)c2c1ccc1c2CCCC1. The highest BCUT2D eigenvalue weighted by Crippen LogP contribution is 2.34. The first kappa shape index (κ1) is 11.6. The molecule has 4 rings (SSSR count). The molecular weight excluding hydrogens is 248 g/mol. The van der Waals surface area contributed by atoms with Gasteiger partial charge in [0.1, 0.15) is 0 Å². The van der Waals surface area contributed by atoms with E-state index in [-0.39, 0.29) is 11.6 Å². The Morgan fingerprint density at radius 2 is 1.40 bits per heavy atom. The van der Waals surface area contributed by atoms with Crippen molar-refractivity contribution in [2.75, 3.05) is 0 Å². The van der Waals surface area contributed by atoms with Crippen molar-refractivity contribution in [1.29, 1.82) is 0 Å². The molecule has 2 aromatic carbocycles. The third kappa shape index (κ3) is 1.45. The van der Waals surface area contributed by atoms with Crippen molar-refractivity contribution >= 4 is 11.6 Å². The fourth-order valence-corrected chi connectivity index (χ4v) is 3.44. The molecule has 0 heterocycles. The van der Waals surface area contributed by atoms with E-state index in [4.69, 9.17) is 0 Å². The molecule has 0 unspecified atom stereocenters. The first-order valence-electron chi connectivity index (χ1n) is 7.10. The Balaban J connectivity index is 2.02. The van der Waals surface area contributed by atoms with Gasteiger partial charge in [0, 0.05) is 22.3 Å². The van der Waals surface area contributed by atoms with Gasteiger partial charge in [-0.15, -0.1) is 0 Å². The summed E-state index contributed by atoms with van der Waals surface area (Å²) < 4.78 is 0. The number of ketones is 2. The van der Waals surface area contributed by atoms with Crippen molar-refractivity contribution in [1.82, 2.24) is 0 Å². The number of fused-ring (bicyclic) bond motifs is 4. The smallest absolute Gasteiger partial charge is 0.194 e. The van der Waals surface area contributed by atoms with Crippen molar-refractivity contribution in [3.05, 3.63) is 69.8 Å². The highest BCUT2D eigenvalue weighted by atomic mass is 16.1. The van der Waals surface area contributed by atoms with Gasteiger partial charge in [-0.1, -0.05) is 30.3 Å². The lowest BCUT2D eigenvalue weighted by Gasteiger charge is -2.24. The molecule has 0 spiro atoms. The lowest BCUT2D eigenvalue weighted by atomic mass is 9.77. The summed E-state index contributed by atoms with van der Waals surface area (Å²) >= 11 is 0. The third-order valence-corrected chi connectivity index (χ3v) is 4.42. The van der Waals surface area contributed by atoms with Crippen LogP contribution in [0.3, 0.4) is 0 Å². The highest BCUT2D eigenvalue weighted by Gasteiger charge is 2.32. The summed E-state index contributed by atoms with van der Waals surface area (Å²) in [6.45, 7) is 0. The summed E-state index contributed by atoms with van der Waals surface area (Å²) in [5.74, 6) is 0.0116. The number of benzene rings is 2. The number of carbonyl (C=O) groups excluding carboxylic acids is 2. The molecule has 2 aromatic rings. The topological polar surface area (TPSA) is 34.1 Å². The van der Waals surface area contributed by atoms with Crippen LogP contribution in [-0.4, -0.2) is 11.6 Å². The monoisotopic (exact) mass is 262 g/mol. The lowest BCUT2D eigenvalue weighted by Crippen LogP contribution is -2.24. The predicted octanol–water partition coefficient (Wildman–Crippen LogP) is 3.34. The van der Waals surface area contributed by atoms with Gasteiger partial charge >= 0.3 is 0 Å². The normalized spacial score (nSPS) is 16.4. The van der Waals surface area contributed by atoms with Crippen LogP contribution >= 0.6 is 0 Å². The second-order valence-corrected chi connectivity index (χ2v) is 5.54. The van der Waals surface area contributed by atoms with Crippen LogP contribution in [-0.2, 0) is 12.8 Å². The van der Waals surface area contributed by atoms with Crippen molar-refractivity contribution in [3.63, 3.8) is 0 Å².